The third-order valence-corrected chi connectivity index (χ3v) is 4.53. The summed E-state index contributed by atoms with van der Waals surface area (Å²) >= 11 is 0. The van der Waals surface area contributed by atoms with Gasteiger partial charge in [0.2, 0.25) is 10.0 Å². The molecule has 0 amide bonds. The second-order valence-electron chi connectivity index (χ2n) is 4.52. The van der Waals surface area contributed by atoms with E-state index in [4.69, 9.17) is 10.5 Å². The maximum Gasteiger partial charge on any atom is 0.242 e. The lowest BCUT2D eigenvalue weighted by Gasteiger charge is -2.22. The van der Waals surface area contributed by atoms with Crippen LogP contribution in [-0.4, -0.2) is 27.7 Å². The minimum Gasteiger partial charge on any atom is -0.398 e. The highest BCUT2D eigenvalue weighted by Gasteiger charge is 2.21. The Morgan fingerprint density at radius 3 is 2.84 bits per heavy atom. The number of sulfonamides is 1. The first-order valence-corrected chi connectivity index (χ1v) is 7.63. The minimum atomic E-state index is -3.73. The van der Waals surface area contributed by atoms with Crippen LogP contribution in [-0.2, 0) is 14.8 Å². The summed E-state index contributed by atoms with van der Waals surface area (Å²) in [6, 6.07) is 3.22. The molecule has 1 aromatic carbocycles. The second-order valence-corrected chi connectivity index (χ2v) is 6.26. The molecule has 1 heterocycles. The van der Waals surface area contributed by atoms with E-state index in [0.717, 1.165) is 37.5 Å². The molecule has 5 nitrogen and oxygen atoms in total. The molecule has 0 spiro atoms. The number of hydrogen-bond donors (Lipinski definition) is 2. The third-order valence-electron chi connectivity index (χ3n) is 3.04. The van der Waals surface area contributed by atoms with E-state index in [1.54, 1.807) is 0 Å². The zero-order valence-electron chi connectivity index (χ0n) is 10.4. The van der Waals surface area contributed by atoms with Crippen molar-refractivity contribution in [3.05, 3.63) is 24.0 Å². The van der Waals surface area contributed by atoms with E-state index in [1.807, 2.05) is 0 Å². The Balaban J connectivity index is 2.05. The molecule has 7 heteroatoms. The maximum atomic E-state index is 12.9. The molecule has 19 heavy (non-hydrogen) atoms. The summed E-state index contributed by atoms with van der Waals surface area (Å²) in [4.78, 5) is -0.107. The zero-order chi connectivity index (χ0) is 13.9. The first-order chi connectivity index (χ1) is 8.99. The van der Waals surface area contributed by atoms with Crippen LogP contribution >= 0.6 is 0 Å². The number of benzene rings is 1. The van der Waals surface area contributed by atoms with E-state index in [9.17, 15) is 12.8 Å². The van der Waals surface area contributed by atoms with Gasteiger partial charge >= 0.3 is 0 Å². The topological polar surface area (TPSA) is 81.4 Å². The number of halogens is 1. The van der Waals surface area contributed by atoms with Crippen LogP contribution in [0.4, 0.5) is 10.1 Å². The molecular formula is C12H17FN2O3S. The predicted molar refractivity (Wildman–Crippen MR) is 69.6 cm³/mol. The van der Waals surface area contributed by atoms with Gasteiger partial charge in [-0.1, -0.05) is 0 Å². The SMILES string of the molecule is Nc1cc(F)ccc1S(=O)(=O)NCC1CCCCO1. The van der Waals surface area contributed by atoms with Crippen LogP contribution in [0.15, 0.2) is 23.1 Å². The van der Waals surface area contributed by atoms with Gasteiger partial charge < -0.3 is 10.5 Å². The lowest BCUT2D eigenvalue weighted by Crippen LogP contribution is -2.35. The van der Waals surface area contributed by atoms with Crippen molar-refractivity contribution in [3.63, 3.8) is 0 Å². The van der Waals surface area contributed by atoms with Crippen LogP contribution in [0.1, 0.15) is 19.3 Å². The molecule has 1 atom stereocenters. The van der Waals surface area contributed by atoms with E-state index < -0.39 is 15.8 Å². The Bertz CT molecular complexity index is 542. The van der Waals surface area contributed by atoms with Crippen molar-refractivity contribution in [2.24, 2.45) is 0 Å². The summed E-state index contributed by atoms with van der Waals surface area (Å²) in [6.07, 6.45) is 2.77. The number of anilines is 1. The summed E-state index contributed by atoms with van der Waals surface area (Å²) in [5, 5.41) is 0. The number of nitrogen functional groups attached to an aromatic ring is 1. The van der Waals surface area contributed by atoms with Gasteiger partial charge in [0, 0.05) is 13.2 Å². The number of hydrogen-bond acceptors (Lipinski definition) is 4. The van der Waals surface area contributed by atoms with Gasteiger partial charge in [0.15, 0.2) is 0 Å². The fraction of sp³-hybridized carbons (Fsp3) is 0.500. The number of nitrogens with two attached hydrogens (primary N) is 1. The molecule has 1 aromatic rings. The highest BCUT2D eigenvalue weighted by Crippen LogP contribution is 2.19. The molecule has 2 rings (SSSR count). The van der Waals surface area contributed by atoms with Crippen molar-refractivity contribution in [2.45, 2.75) is 30.3 Å². The summed E-state index contributed by atoms with van der Waals surface area (Å²) in [7, 11) is -3.73. The van der Waals surface area contributed by atoms with Gasteiger partial charge in [-0.3, -0.25) is 0 Å². The molecule has 1 aliphatic heterocycles. The van der Waals surface area contributed by atoms with Gasteiger partial charge in [0.1, 0.15) is 10.7 Å². The van der Waals surface area contributed by atoms with Crippen LogP contribution in [0, 0.1) is 5.82 Å². The predicted octanol–water partition coefficient (Wildman–Crippen LogP) is 1.26. The van der Waals surface area contributed by atoms with Gasteiger partial charge in [0.25, 0.3) is 0 Å². The van der Waals surface area contributed by atoms with Crippen LogP contribution < -0.4 is 10.5 Å². The molecular weight excluding hydrogens is 271 g/mol. The van der Waals surface area contributed by atoms with Crippen molar-refractivity contribution in [2.75, 3.05) is 18.9 Å². The largest absolute Gasteiger partial charge is 0.398 e. The maximum absolute atomic E-state index is 12.9. The summed E-state index contributed by atoms with van der Waals surface area (Å²) in [6.45, 7) is 0.865. The van der Waals surface area contributed by atoms with E-state index in [-0.39, 0.29) is 23.2 Å². The second kappa shape index (κ2) is 5.85. The van der Waals surface area contributed by atoms with Crippen LogP contribution in [0.5, 0.6) is 0 Å². The van der Waals surface area contributed by atoms with Gasteiger partial charge in [-0.05, 0) is 37.5 Å². The summed E-state index contributed by atoms with van der Waals surface area (Å²) in [5.41, 5.74) is 5.43. The lowest BCUT2D eigenvalue weighted by molar-refractivity contribution is 0.0200. The molecule has 1 fully saturated rings. The van der Waals surface area contributed by atoms with Gasteiger partial charge in [0.05, 0.1) is 11.8 Å². The Morgan fingerprint density at radius 2 is 2.21 bits per heavy atom. The Labute approximate surface area is 112 Å². The average molecular weight is 288 g/mol. The van der Waals surface area contributed by atoms with E-state index in [2.05, 4.69) is 4.72 Å². The Kier molecular flexibility index (Phi) is 4.38. The number of ether oxygens (including phenoxy) is 1. The molecule has 1 unspecified atom stereocenters. The van der Waals surface area contributed by atoms with Gasteiger partial charge in [-0.2, -0.15) is 0 Å². The molecule has 106 valence electrons. The average Bonchev–Trinajstić information content (AvgIpc) is 2.37. The fourth-order valence-corrected chi connectivity index (χ4v) is 3.19. The first-order valence-electron chi connectivity index (χ1n) is 6.15. The van der Waals surface area contributed by atoms with Crippen molar-refractivity contribution >= 4 is 15.7 Å². The lowest BCUT2D eigenvalue weighted by atomic mass is 10.1. The smallest absolute Gasteiger partial charge is 0.242 e. The van der Waals surface area contributed by atoms with Crippen molar-refractivity contribution < 1.29 is 17.5 Å². The van der Waals surface area contributed by atoms with Gasteiger partial charge in [-0.15, -0.1) is 0 Å². The van der Waals surface area contributed by atoms with Gasteiger partial charge in [-0.25, -0.2) is 17.5 Å². The summed E-state index contributed by atoms with van der Waals surface area (Å²) in [5.74, 6) is -0.563. The molecule has 0 saturated carbocycles. The summed E-state index contributed by atoms with van der Waals surface area (Å²) < 4.78 is 44.9. The highest BCUT2D eigenvalue weighted by molar-refractivity contribution is 7.89. The Morgan fingerprint density at radius 1 is 1.42 bits per heavy atom. The molecule has 0 aliphatic carbocycles. The van der Waals surface area contributed by atoms with Crippen molar-refractivity contribution in [1.29, 1.82) is 0 Å². The van der Waals surface area contributed by atoms with E-state index >= 15 is 0 Å². The number of rotatable bonds is 4. The standard InChI is InChI=1S/C12H17FN2O3S/c13-9-4-5-12(11(14)7-9)19(16,17)15-8-10-3-1-2-6-18-10/h4-5,7,10,15H,1-3,6,8,14H2. The van der Waals surface area contributed by atoms with Crippen LogP contribution in [0.3, 0.4) is 0 Å². The van der Waals surface area contributed by atoms with Crippen LogP contribution in [0.25, 0.3) is 0 Å². The molecule has 1 aliphatic rings. The zero-order valence-corrected chi connectivity index (χ0v) is 11.2. The molecule has 1 saturated heterocycles. The van der Waals surface area contributed by atoms with Crippen LogP contribution in [0.2, 0.25) is 0 Å². The van der Waals surface area contributed by atoms with E-state index in [1.165, 1.54) is 0 Å². The van der Waals surface area contributed by atoms with Crippen molar-refractivity contribution in [1.82, 2.24) is 4.72 Å². The highest BCUT2D eigenvalue weighted by atomic mass is 32.2. The molecule has 0 bridgehead atoms. The third kappa shape index (κ3) is 3.65. The van der Waals surface area contributed by atoms with E-state index in [0.29, 0.717) is 6.61 Å². The molecule has 3 N–H and O–H groups in total. The normalized spacial score (nSPS) is 20.4. The Hall–Kier alpha value is -1.18. The fourth-order valence-electron chi connectivity index (χ4n) is 2.01. The quantitative estimate of drug-likeness (QED) is 0.817. The molecule has 0 aromatic heterocycles. The van der Waals surface area contributed by atoms with Crippen molar-refractivity contribution in [3.8, 4) is 0 Å². The molecule has 0 radical (unpaired) electrons. The monoisotopic (exact) mass is 288 g/mol. The number of nitrogens with one attached hydrogen (secondary N) is 1. The first kappa shape index (κ1) is 14.2. The minimum absolute atomic E-state index is 0.0999.